The summed E-state index contributed by atoms with van der Waals surface area (Å²) in [5.74, 6) is 2.24. The highest BCUT2D eigenvalue weighted by atomic mass is 35.5. The van der Waals surface area contributed by atoms with Crippen molar-refractivity contribution in [2.75, 3.05) is 0 Å². The SMILES string of the molecule is [C-]#[N+]/C(c1nc2ccc(Cl)cc2s1)=c1\c2c(CCc3ccccc3)n(B3Oc4cc5ccccc5cc4O3)/c(=C(/C#N)c3nc4ccc(C)cc4s3)c2c(-c2ccccc2C)n1B1Oc2cc3ccccc3cc2O1. The zero-order valence-electron chi connectivity index (χ0n) is 40.2. The molecule has 10 nitrogen and oxygen atoms in total. The van der Waals surface area contributed by atoms with Crippen LogP contribution in [-0.2, 0) is 12.8 Å². The fourth-order valence-corrected chi connectivity index (χ4v) is 12.9. The van der Waals surface area contributed by atoms with Gasteiger partial charge in [0.25, 0.3) is 0 Å². The largest absolute Gasteiger partial charge is 0.743 e. The van der Waals surface area contributed by atoms with Crippen molar-refractivity contribution in [2.24, 2.45) is 0 Å². The van der Waals surface area contributed by atoms with Gasteiger partial charge in [0.15, 0.2) is 0 Å². The second kappa shape index (κ2) is 17.7. The zero-order chi connectivity index (χ0) is 50.5. The van der Waals surface area contributed by atoms with E-state index in [0.717, 1.165) is 64.4 Å². The molecule has 0 saturated carbocycles. The van der Waals surface area contributed by atoms with Crippen LogP contribution in [0.5, 0.6) is 23.0 Å². The van der Waals surface area contributed by atoms with Crippen LogP contribution in [0.4, 0.5) is 0 Å². The molecule has 0 atom stereocenters. The number of nitrogens with zero attached hydrogens (tertiary/aromatic N) is 6. The fourth-order valence-electron chi connectivity index (χ4n) is 10.7. The minimum Gasteiger partial charge on any atom is -0.503 e. The standard InChI is InChI=1S/C60H37B2ClN6O4S2/c1-34-21-24-44-51(27-34)74-59(66-44)43(33-64)57-54-53(46(26-22-36-14-5-4-6-15-36)68(57)61-70-47-28-37-16-8-9-17-38(37)29-48(47)71-61)58(55(65-3)60-67-45-25-23-41(63)32-52(45)75-60)69(56(54)42-20-12-7-13-35(42)2)62-72-49-30-39-18-10-11-19-40(39)31-50(49)73-62/h4-21,23-25,27-32H,22,26H2,1-2H3/b57-43-,58-55+. The summed E-state index contributed by atoms with van der Waals surface area (Å²) < 4.78 is 34.0. The average molecular weight is 1030 g/mol. The number of thiazole rings is 2. The summed E-state index contributed by atoms with van der Waals surface area (Å²) >= 11 is 9.46. The Balaban J connectivity index is 1.19. The van der Waals surface area contributed by atoms with Crippen LogP contribution in [0, 0.1) is 31.8 Å². The lowest BCUT2D eigenvalue weighted by molar-refractivity contribution is 0.475. The van der Waals surface area contributed by atoms with E-state index in [1.54, 1.807) is 0 Å². The predicted molar refractivity (Wildman–Crippen MR) is 302 cm³/mol. The number of rotatable bonds is 8. The van der Waals surface area contributed by atoms with Crippen LogP contribution in [-0.4, -0.2) is 33.4 Å². The van der Waals surface area contributed by atoms with Gasteiger partial charge in [0.2, 0.25) is 5.70 Å². The van der Waals surface area contributed by atoms with Gasteiger partial charge in [-0.1, -0.05) is 121 Å². The van der Waals surface area contributed by atoms with Crippen molar-refractivity contribution in [3.8, 4) is 40.3 Å². The van der Waals surface area contributed by atoms with Gasteiger partial charge >= 0.3 is 14.5 Å². The number of aryl methyl sites for hydroxylation is 4. The molecule has 0 fully saturated rings. The van der Waals surface area contributed by atoms with Gasteiger partial charge in [-0.05, 0) is 120 Å². The Bertz CT molecular complexity index is 4420. The summed E-state index contributed by atoms with van der Waals surface area (Å²) in [4.78, 5) is 14.8. The molecule has 0 aliphatic carbocycles. The van der Waals surface area contributed by atoms with E-state index in [1.807, 2.05) is 130 Å². The monoisotopic (exact) mass is 1030 g/mol. The molecule has 0 spiro atoms. The molecule has 2 aliphatic rings. The van der Waals surface area contributed by atoms with Crippen molar-refractivity contribution in [3.05, 3.63) is 223 Å². The molecule has 14 rings (SSSR count). The molecular weight excluding hydrogens is 990 g/mol. The van der Waals surface area contributed by atoms with Gasteiger partial charge in [0, 0.05) is 27.1 Å². The molecule has 8 aromatic carbocycles. The van der Waals surface area contributed by atoms with E-state index in [-0.39, 0.29) is 5.70 Å². The van der Waals surface area contributed by atoms with E-state index in [9.17, 15) is 11.8 Å². The van der Waals surface area contributed by atoms with Crippen LogP contribution in [0.3, 0.4) is 0 Å². The smallest absolute Gasteiger partial charge is 0.503 e. The lowest BCUT2D eigenvalue weighted by atomic mass is 9.99. The average Bonchev–Trinajstić information content (AvgIpc) is 4.46. The molecule has 6 heterocycles. The van der Waals surface area contributed by atoms with Gasteiger partial charge < -0.3 is 27.6 Å². The van der Waals surface area contributed by atoms with Gasteiger partial charge in [-0.3, -0.25) is 0 Å². The van der Waals surface area contributed by atoms with E-state index in [0.29, 0.717) is 89.1 Å². The van der Waals surface area contributed by atoms with Crippen LogP contribution in [0.2, 0.25) is 5.02 Å². The van der Waals surface area contributed by atoms with Crippen molar-refractivity contribution < 1.29 is 18.6 Å². The number of halogens is 1. The quantitative estimate of drug-likeness (QED) is 0.110. The minimum absolute atomic E-state index is 0.256. The Morgan fingerprint density at radius 3 is 1.77 bits per heavy atom. The topological polar surface area (TPSA) is 101 Å². The number of fused-ring (bicyclic) bond motifs is 7. The molecule has 0 saturated heterocycles. The summed E-state index contributed by atoms with van der Waals surface area (Å²) in [6.45, 7) is 13.4. The molecule has 0 unspecified atom stereocenters. The summed E-state index contributed by atoms with van der Waals surface area (Å²) in [5, 5.41) is 19.8. The Hall–Kier alpha value is -8.78. The van der Waals surface area contributed by atoms with E-state index < -0.39 is 14.5 Å². The number of hydrogen-bond acceptors (Lipinski definition) is 9. The van der Waals surface area contributed by atoms with Gasteiger partial charge in [-0.15, -0.1) is 22.7 Å². The number of benzene rings is 8. The first-order valence-corrected chi connectivity index (χ1v) is 26.4. The first kappa shape index (κ1) is 44.9. The summed E-state index contributed by atoms with van der Waals surface area (Å²) in [5.41, 5.74) is 7.39. The van der Waals surface area contributed by atoms with E-state index >= 15 is 0 Å². The van der Waals surface area contributed by atoms with Crippen LogP contribution in [0.1, 0.15) is 32.4 Å². The maximum absolute atomic E-state index is 12.0. The second-order valence-corrected chi connectivity index (χ2v) is 21.2. The minimum atomic E-state index is -1.13. The van der Waals surface area contributed by atoms with E-state index in [1.165, 1.54) is 22.7 Å². The lowest BCUT2D eigenvalue weighted by Crippen LogP contribution is -2.45. The lowest BCUT2D eigenvalue weighted by Gasteiger charge is -2.17. The van der Waals surface area contributed by atoms with Crippen LogP contribution >= 0.6 is 34.3 Å². The number of aromatic nitrogens is 4. The van der Waals surface area contributed by atoms with Crippen LogP contribution in [0.15, 0.2) is 164 Å². The number of hydrogen-bond donors (Lipinski definition) is 0. The summed E-state index contributed by atoms with van der Waals surface area (Å²) in [7, 11) is -2.24. The maximum atomic E-state index is 12.0. The van der Waals surface area contributed by atoms with E-state index in [2.05, 4.69) is 67.2 Å². The molecule has 0 bridgehead atoms. The molecular formula is C60H37B2ClN6O4S2. The third-order valence-electron chi connectivity index (χ3n) is 14.1. The van der Waals surface area contributed by atoms with Gasteiger partial charge in [-0.25, -0.2) is 14.8 Å². The highest BCUT2D eigenvalue weighted by molar-refractivity contribution is 7.20. The number of nitriles is 1. The van der Waals surface area contributed by atoms with Crippen LogP contribution < -0.4 is 29.3 Å². The maximum Gasteiger partial charge on any atom is 0.743 e. The Labute approximate surface area is 443 Å². The molecule has 0 amide bonds. The highest BCUT2D eigenvalue weighted by Gasteiger charge is 2.45. The van der Waals surface area contributed by atoms with Crippen molar-refractivity contribution in [1.29, 1.82) is 5.26 Å². The Morgan fingerprint density at radius 1 is 0.613 bits per heavy atom. The Morgan fingerprint density at radius 2 is 1.16 bits per heavy atom. The van der Waals surface area contributed by atoms with Gasteiger partial charge in [0.05, 0.1) is 43.4 Å². The molecule has 0 N–H and O–H groups in total. The van der Waals surface area contributed by atoms with E-state index in [4.69, 9.17) is 40.2 Å². The molecule has 75 heavy (non-hydrogen) atoms. The molecule has 0 radical (unpaired) electrons. The molecule has 2 aliphatic heterocycles. The van der Waals surface area contributed by atoms with Gasteiger partial charge in [-0.2, -0.15) is 5.26 Å². The first-order chi connectivity index (χ1) is 36.8. The molecule has 12 aromatic rings. The third-order valence-corrected chi connectivity index (χ3v) is 16.4. The highest BCUT2D eigenvalue weighted by Crippen LogP contribution is 2.43. The molecule has 15 heteroatoms. The van der Waals surface area contributed by atoms with Crippen molar-refractivity contribution in [3.63, 3.8) is 0 Å². The fraction of sp³-hybridized carbons (Fsp3) is 0.0667. The zero-order valence-corrected chi connectivity index (χ0v) is 42.6. The van der Waals surface area contributed by atoms with Crippen LogP contribution in [0.25, 0.3) is 80.1 Å². The van der Waals surface area contributed by atoms with Gasteiger partial charge in [0.1, 0.15) is 44.7 Å². The predicted octanol–water partition coefficient (Wildman–Crippen LogP) is 13.1. The molecule has 4 aromatic heterocycles. The summed E-state index contributed by atoms with van der Waals surface area (Å²) in [6, 6.07) is 57.0. The second-order valence-electron chi connectivity index (χ2n) is 18.7. The van der Waals surface area contributed by atoms with Crippen molar-refractivity contribution >= 4 is 113 Å². The third kappa shape index (κ3) is 7.44. The first-order valence-electron chi connectivity index (χ1n) is 24.4. The summed E-state index contributed by atoms with van der Waals surface area (Å²) in [6.07, 6.45) is 1.000. The van der Waals surface area contributed by atoms with Crippen molar-refractivity contribution in [2.45, 2.75) is 26.7 Å². The Kier molecular flexibility index (Phi) is 10.6. The normalized spacial score (nSPS) is 13.6. The molecule has 356 valence electrons. The van der Waals surface area contributed by atoms with Crippen molar-refractivity contribution in [1.82, 2.24) is 18.9 Å².